The predicted molar refractivity (Wildman–Crippen MR) is 86.2 cm³/mol. The number of thioether (sulfide) groups is 1. The van der Waals surface area contributed by atoms with Crippen LogP contribution >= 0.6 is 11.8 Å². The lowest BCUT2D eigenvalue weighted by Crippen LogP contribution is -2.29. The van der Waals surface area contributed by atoms with Crippen molar-refractivity contribution in [3.63, 3.8) is 0 Å². The molecule has 0 bridgehead atoms. The number of benzene rings is 1. The molecule has 1 fully saturated rings. The van der Waals surface area contributed by atoms with Crippen molar-refractivity contribution in [1.29, 1.82) is 0 Å². The average Bonchev–Trinajstić information content (AvgIpc) is 3.03. The Balaban J connectivity index is 1.75. The van der Waals surface area contributed by atoms with Crippen molar-refractivity contribution in [2.45, 2.75) is 24.4 Å². The second kappa shape index (κ2) is 6.83. The molecule has 1 aliphatic heterocycles. The van der Waals surface area contributed by atoms with Crippen LogP contribution in [0.3, 0.4) is 0 Å². The standard InChI is InChI=1S/C15H18N4O2S/c20-13(21)10-22-15-16-14(17-18-15)11-5-4-6-12(9-11)19-7-2-1-3-8-19/h4-6,9H,1-3,7-8,10H2,(H,20,21)(H,16,17,18). The largest absolute Gasteiger partial charge is 0.481 e. The highest BCUT2D eigenvalue weighted by Gasteiger charge is 2.13. The molecular formula is C15H18N4O2S. The van der Waals surface area contributed by atoms with Crippen molar-refractivity contribution in [2.24, 2.45) is 0 Å². The topological polar surface area (TPSA) is 82.1 Å². The summed E-state index contributed by atoms with van der Waals surface area (Å²) in [6.45, 7) is 2.19. The summed E-state index contributed by atoms with van der Waals surface area (Å²) in [4.78, 5) is 16.0. The van der Waals surface area contributed by atoms with Gasteiger partial charge in [0.2, 0.25) is 0 Å². The zero-order chi connectivity index (χ0) is 15.4. The number of nitrogens with one attached hydrogen (secondary N) is 1. The molecule has 0 unspecified atom stereocenters. The molecular weight excluding hydrogens is 300 g/mol. The summed E-state index contributed by atoms with van der Waals surface area (Å²) in [6.07, 6.45) is 3.79. The maximum Gasteiger partial charge on any atom is 0.313 e. The fraction of sp³-hybridized carbons (Fsp3) is 0.400. The molecule has 22 heavy (non-hydrogen) atoms. The van der Waals surface area contributed by atoms with Gasteiger partial charge in [-0.1, -0.05) is 23.9 Å². The van der Waals surface area contributed by atoms with Crippen LogP contribution in [0.15, 0.2) is 29.4 Å². The first-order valence-corrected chi connectivity index (χ1v) is 8.33. The van der Waals surface area contributed by atoms with E-state index in [-0.39, 0.29) is 5.75 Å². The van der Waals surface area contributed by atoms with Crippen LogP contribution in [-0.2, 0) is 4.79 Å². The van der Waals surface area contributed by atoms with Crippen molar-refractivity contribution in [3.8, 4) is 11.4 Å². The predicted octanol–water partition coefficient (Wildman–Crippen LogP) is 2.64. The van der Waals surface area contributed by atoms with Gasteiger partial charge in [-0.2, -0.15) is 0 Å². The van der Waals surface area contributed by atoms with E-state index in [0.29, 0.717) is 11.0 Å². The van der Waals surface area contributed by atoms with E-state index in [1.807, 2.05) is 12.1 Å². The molecule has 2 N–H and O–H groups in total. The van der Waals surface area contributed by atoms with E-state index in [2.05, 4.69) is 32.2 Å². The average molecular weight is 318 g/mol. The van der Waals surface area contributed by atoms with Crippen LogP contribution in [0.25, 0.3) is 11.4 Å². The SMILES string of the molecule is O=C(O)CSc1nnc(-c2cccc(N3CCCCC3)c2)[nH]1. The Labute approximate surface area is 132 Å². The number of rotatable bonds is 5. The van der Waals surface area contributed by atoms with E-state index in [1.165, 1.54) is 24.9 Å². The molecule has 0 aliphatic carbocycles. The van der Waals surface area contributed by atoms with Gasteiger partial charge in [0, 0.05) is 24.3 Å². The highest BCUT2D eigenvalue weighted by atomic mass is 32.2. The number of carboxylic acid groups (broad SMARTS) is 1. The number of aliphatic carboxylic acids is 1. The van der Waals surface area contributed by atoms with Gasteiger partial charge in [-0.05, 0) is 31.4 Å². The number of carbonyl (C=O) groups is 1. The van der Waals surface area contributed by atoms with Crippen LogP contribution in [-0.4, -0.2) is 45.1 Å². The lowest BCUT2D eigenvalue weighted by molar-refractivity contribution is -0.133. The van der Waals surface area contributed by atoms with Crippen molar-refractivity contribution < 1.29 is 9.90 Å². The molecule has 0 atom stereocenters. The number of nitrogens with zero attached hydrogens (tertiary/aromatic N) is 3. The van der Waals surface area contributed by atoms with E-state index in [9.17, 15) is 4.79 Å². The van der Waals surface area contributed by atoms with Gasteiger partial charge in [-0.3, -0.25) is 4.79 Å². The third-order valence-corrected chi connectivity index (χ3v) is 4.49. The summed E-state index contributed by atoms with van der Waals surface area (Å²) in [5.41, 5.74) is 2.17. The first kappa shape index (κ1) is 14.9. The molecule has 1 aromatic carbocycles. The molecule has 0 radical (unpaired) electrons. The summed E-state index contributed by atoms with van der Waals surface area (Å²) < 4.78 is 0. The first-order valence-electron chi connectivity index (χ1n) is 7.35. The van der Waals surface area contributed by atoms with Gasteiger partial charge in [-0.15, -0.1) is 10.2 Å². The van der Waals surface area contributed by atoms with Gasteiger partial charge in [0.05, 0.1) is 5.75 Å². The maximum absolute atomic E-state index is 10.6. The summed E-state index contributed by atoms with van der Waals surface area (Å²) in [5, 5.41) is 17.3. The van der Waals surface area contributed by atoms with Gasteiger partial charge in [-0.25, -0.2) is 0 Å². The van der Waals surface area contributed by atoms with E-state index < -0.39 is 5.97 Å². The quantitative estimate of drug-likeness (QED) is 0.825. The molecule has 3 rings (SSSR count). The van der Waals surface area contributed by atoms with Crippen LogP contribution in [0.2, 0.25) is 0 Å². The zero-order valence-electron chi connectivity index (χ0n) is 12.2. The Kier molecular flexibility index (Phi) is 4.62. The highest BCUT2D eigenvalue weighted by molar-refractivity contribution is 7.99. The van der Waals surface area contributed by atoms with Crippen LogP contribution in [0.5, 0.6) is 0 Å². The Hall–Kier alpha value is -2.02. The second-order valence-electron chi connectivity index (χ2n) is 5.26. The molecule has 116 valence electrons. The summed E-state index contributed by atoms with van der Waals surface area (Å²) in [7, 11) is 0. The fourth-order valence-corrected chi connectivity index (χ4v) is 3.10. The third-order valence-electron chi connectivity index (χ3n) is 3.64. The fourth-order valence-electron chi connectivity index (χ4n) is 2.57. The molecule has 1 aliphatic rings. The first-order chi connectivity index (χ1) is 10.7. The van der Waals surface area contributed by atoms with Crippen molar-refractivity contribution >= 4 is 23.4 Å². The smallest absolute Gasteiger partial charge is 0.313 e. The van der Waals surface area contributed by atoms with E-state index >= 15 is 0 Å². The Morgan fingerprint density at radius 1 is 1.27 bits per heavy atom. The monoisotopic (exact) mass is 318 g/mol. The number of hydrogen-bond donors (Lipinski definition) is 2. The minimum absolute atomic E-state index is 0.0253. The maximum atomic E-state index is 10.6. The van der Waals surface area contributed by atoms with E-state index in [0.717, 1.165) is 30.4 Å². The number of carboxylic acids is 1. The molecule has 0 amide bonds. The summed E-state index contributed by atoms with van der Waals surface area (Å²) >= 11 is 1.14. The molecule has 1 saturated heterocycles. The number of hydrogen-bond acceptors (Lipinski definition) is 5. The lowest BCUT2D eigenvalue weighted by Gasteiger charge is -2.29. The van der Waals surface area contributed by atoms with Crippen molar-refractivity contribution in [3.05, 3.63) is 24.3 Å². The van der Waals surface area contributed by atoms with Crippen LogP contribution in [0.1, 0.15) is 19.3 Å². The molecule has 6 nitrogen and oxygen atoms in total. The van der Waals surface area contributed by atoms with Crippen LogP contribution < -0.4 is 4.90 Å². The van der Waals surface area contributed by atoms with Gasteiger partial charge >= 0.3 is 5.97 Å². The zero-order valence-corrected chi connectivity index (χ0v) is 13.0. The number of H-pyrrole nitrogens is 1. The van der Waals surface area contributed by atoms with Crippen LogP contribution in [0, 0.1) is 0 Å². The van der Waals surface area contributed by atoms with Gasteiger partial charge in [0.25, 0.3) is 0 Å². The summed E-state index contributed by atoms with van der Waals surface area (Å²) in [6, 6.07) is 8.23. The third kappa shape index (κ3) is 3.59. The molecule has 7 heteroatoms. The normalized spacial score (nSPS) is 15.0. The molecule has 2 heterocycles. The Morgan fingerprint density at radius 2 is 2.09 bits per heavy atom. The van der Waals surface area contributed by atoms with Crippen LogP contribution in [0.4, 0.5) is 5.69 Å². The molecule has 2 aromatic rings. The van der Waals surface area contributed by atoms with Crippen molar-refractivity contribution in [2.75, 3.05) is 23.7 Å². The van der Waals surface area contributed by atoms with Gasteiger partial charge < -0.3 is 15.0 Å². The number of aromatic nitrogens is 3. The molecule has 0 spiro atoms. The van der Waals surface area contributed by atoms with E-state index in [4.69, 9.17) is 5.11 Å². The van der Waals surface area contributed by atoms with Crippen molar-refractivity contribution in [1.82, 2.24) is 15.2 Å². The Bertz CT molecular complexity index is 652. The lowest BCUT2D eigenvalue weighted by atomic mass is 10.1. The second-order valence-corrected chi connectivity index (χ2v) is 6.22. The number of aromatic amines is 1. The summed E-state index contributed by atoms with van der Waals surface area (Å²) in [5.74, 6) is -0.218. The number of anilines is 1. The minimum atomic E-state index is -0.866. The molecule has 1 aromatic heterocycles. The van der Waals surface area contributed by atoms with Gasteiger partial charge in [0.1, 0.15) is 0 Å². The highest BCUT2D eigenvalue weighted by Crippen LogP contribution is 2.25. The van der Waals surface area contributed by atoms with E-state index in [1.54, 1.807) is 0 Å². The number of piperidine rings is 1. The van der Waals surface area contributed by atoms with Gasteiger partial charge in [0.15, 0.2) is 11.0 Å². The minimum Gasteiger partial charge on any atom is -0.481 e. The Morgan fingerprint density at radius 3 is 2.86 bits per heavy atom. The molecule has 0 saturated carbocycles.